The summed E-state index contributed by atoms with van der Waals surface area (Å²) in [7, 11) is 0. The van der Waals surface area contributed by atoms with E-state index in [1.165, 1.54) is 11.3 Å². The summed E-state index contributed by atoms with van der Waals surface area (Å²) in [6, 6.07) is 3.21. The molecule has 3 heterocycles. The van der Waals surface area contributed by atoms with Crippen molar-refractivity contribution in [3.05, 3.63) is 34.1 Å². The van der Waals surface area contributed by atoms with Crippen molar-refractivity contribution in [1.82, 2.24) is 20.4 Å². The normalized spacial score (nSPS) is 22.4. The highest BCUT2D eigenvalue weighted by atomic mass is 32.1. The fourth-order valence-corrected chi connectivity index (χ4v) is 2.95. The van der Waals surface area contributed by atoms with Crippen LogP contribution < -0.4 is 5.32 Å². The van der Waals surface area contributed by atoms with Gasteiger partial charge in [0.2, 0.25) is 5.89 Å². The summed E-state index contributed by atoms with van der Waals surface area (Å²) in [4.78, 5) is 30.4. The van der Waals surface area contributed by atoms with E-state index < -0.39 is 11.6 Å². The molecule has 1 unspecified atom stereocenters. The Hall–Kier alpha value is -2.22. The Balaban J connectivity index is 1.87. The van der Waals surface area contributed by atoms with Gasteiger partial charge in [-0.1, -0.05) is 11.2 Å². The van der Waals surface area contributed by atoms with Crippen molar-refractivity contribution in [1.29, 1.82) is 0 Å². The van der Waals surface area contributed by atoms with Gasteiger partial charge in [-0.15, -0.1) is 11.3 Å². The van der Waals surface area contributed by atoms with Crippen LogP contribution in [0.15, 0.2) is 22.0 Å². The molecule has 8 heteroatoms. The number of carbonyl (C=O) groups excluding carboxylic acids is 2. The van der Waals surface area contributed by atoms with Gasteiger partial charge in [-0.2, -0.15) is 4.98 Å². The van der Waals surface area contributed by atoms with Gasteiger partial charge in [0.15, 0.2) is 11.4 Å². The van der Waals surface area contributed by atoms with Crippen LogP contribution in [0.5, 0.6) is 0 Å². The van der Waals surface area contributed by atoms with Crippen molar-refractivity contribution < 1.29 is 14.1 Å². The number of urea groups is 1. The second kappa shape index (κ2) is 4.41. The largest absolute Gasteiger partial charge is 0.337 e. The number of imide groups is 1. The number of thiophene rings is 1. The molecule has 104 valence electrons. The quantitative estimate of drug-likeness (QED) is 0.864. The third-order valence-electron chi connectivity index (χ3n) is 3.15. The summed E-state index contributed by atoms with van der Waals surface area (Å²) in [5.74, 6) is 0.385. The molecule has 2 aromatic rings. The van der Waals surface area contributed by atoms with Gasteiger partial charge < -0.3 is 9.84 Å². The molecule has 3 rings (SSSR count). The summed E-state index contributed by atoms with van der Waals surface area (Å²) in [6.07, 6.45) is 0. The molecule has 7 nitrogen and oxygen atoms in total. The summed E-state index contributed by atoms with van der Waals surface area (Å²) >= 11 is 1.42. The lowest BCUT2D eigenvalue weighted by Gasteiger charge is -2.19. The third-order valence-corrected chi connectivity index (χ3v) is 4.24. The van der Waals surface area contributed by atoms with Crippen LogP contribution in [-0.2, 0) is 16.9 Å². The molecule has 0 radical (unpaired) electrons. The molecule has 0 spiro atoms. The lowest BCUT2D eigenvalue weighted by Crippen LogP contribution is -2.40. The number of amides is 3. The third kappa shape index (κ3) is 1.88. The highest BCUT2D eigenvalue weighted by Gasteiger charge is 2.50. The minimum atomic E-state index is -1.03. The van der Waals surface area contributed by atoms with Gasteiger partial charge in [-0.3, -0.25) is 9.69 Å². The van der Waals surface area contributed by atoms with Gasteiger partial charge in [0.1, 0.15) is 6.54 Å². The number of hydrogen-bond donors (Lipinski definition) is 1. The van der Waals surface area contributed by atoms with E-state index in [1.807, 2.05) is 17.5 Å². The van der Waals surface area contributed by atoms with Gasteiger partial charge in [0.25, 0.3) is 5.91 Å². The first-order valence-corrected chi connectivity index (χ1v) is 6.86. The Morgan fingerprint density at radius 1 is 1.50 bits per heavy atom. The molecule has 1 N–H and O–H groups in total. The Kier molecular flexibility index (Phi) is 2.82. The highest BCUT2D eigenvalue weighted by molar-refractivity contribution is 7.10. The predicted molar refractivity (Wildman–Crippen MR) is 69.8 cm³/mol. The van der Waals surface area contributed by atoms with E-state index in [1.54, 1.807) is 13.8 Å². The minimum Gasteiger partial charge on any atom is -0.337 e. The van der Waals surface area contributed by atoms with Gasteiger partial charge in [-0.25, -0.2) is 4.79 Å². The molecular weight excluding hydrogens is 280 g/mol. The molecule has 0 aliphatic carbocycles. The number of rotatable bonds is 3. The zero-order valence-corrected chi connectivity index (χ0v) is 11.7. The Morgan fingerprint density at radius 3 is 2.90 bits per heavy atom. The first kappa shape index (κ1) is 12.8. The molecule has 0 aromatic carbocycles. The van der Waals surface area contributed by atoms with Gasteiger partial charge in [0.05, 0.1) is 0 Å². The van der Waals surface area contributed by atoms with E-state index in [2.05, 4.69) is 15.5 Å². The van der Waals surface area contributed by atoms with E-state index in [0.29, 0.717) is 5.82 Å². The van der Waals surface area contributed by atoms with Crippen LogP contribution in [0.2, 0.25) is 0 Å². The average molecular weight is 292 g/mol. The van der Waals surface area contributed by atoms with Crippen molar-refractivity contribution >= 4 is 23.3 Å². The first-order chi connectivity index (χ1) is 9.50. The van der Waals surface area contributed by atoms with E-state index >= 15 is 0 Å². The van der Waals surface area contributed by atoms with Crippen LogP contribution in [-0.4, -0.2) is 27.0 Å². The Bertz CT molecular complexity index is 666. The van der Waals surface area contributed by atoms with E-state index in [0.717, 1.165) is 9.78 Å². The fourth-order valence-electron chi connectivity index (χ4n) is 2.11. The highest BCUT2D eigenvalue weighted by Crippen LogP contribution is 2.32. The summed E-state index contributed by atoms with van der Waals surface area (Å²) < 4.78 is 4.95. The van der Waals surface area contributed by atoms with Crippen LogP contribution >= 0.6 is 11.3 Å². The van der Waals surface area contributed by atoms with Crippen LogP contribution in [0.25, 0.3) is 0 Å². The smallest absolute Gasteiger partial charge is 0.325 e. The Morgan fingerprint density at radius 2 is 2.30 bits per heavy atom. The predicted octanol–water partition coefficient (Wildman–Crippen LogP) is 1.41. The average Bonchev–Trinajstić information content (AvgIpc) is 3.09. The van der Waals surface area contributed by atoms with Crippen molar-refractivity contribution in [2.45, 2.75) is 25.9 Å². The van der Waals surface area contributed by atoms with Crippen molar-refractivity contribution in [3.8, 4) is 0 Å². The van der Waals surface area contributed by atoms with Crippen molar-refractivity contribution in [3.63, 3.8) is 0 Å². The summed E-state index contributed by atoms with van der Waals surface area (Å²) in [5.41, 5.74) is -1.03. The molecule has 1 saturated heterocycles. The van der Waals surface area contributed by atoms with Crippen molar-refractivity contribution in [2.24, 2.45) is 0 Å². The molecule has 3 amide bonds. The second-order valence-corrected chi connectivity index (χ2v) is 5.61. The lowest BCUT2D eigenvalue weighted by atomic mass is 10.0. The number of aromatic nitrogens is 2. The molecule has 1 aliphatic heterocycles. The molecule has 1 fully saturated rings. The van der Waals surface area contributed by atoms with Crippen LogP contribution in [0.1, 0.15) is 23.5 Å². The topological polar surface area (TPSA) is 88.3 Å². The maximum Gasteiger partial charge on any atom is 0.325 e. The first-order valence-electron chi connectivity index (χ1n) is 5.98. The Labute approximate surface area is 118 Å². The number of aryl methyl sites for hydroxylation is 1. The number of carbonyl (C=O) groups is 2. The van der Waals surface area contributed by atoms with Crippen LogP contribution in [0.4, 0.5) is 4.79 Å². The number of nitrogens with one attached hydrogen (secondary N) is 1. The zero-order valence-electron chi connectivity index (χ0n) is 10.9. The van der Waals surface area contributed by atoms with Gasteiger partial charge in [-0.05, 0) is 25.3 Å². The summed E-state index contributed by atoms with van der Waals surface area (Å²) in [6.45, 7) is 3.35. The molecule has 20 heavy (non-hydrogen) atoms. The van der Waals surface area contributed by atoms with Gasteiger partial charge in [0, 0.05) is 4.88 Å². The zero-order chi connectivity index (χ0) is 14.3. The lowest BCUT2D eigenvalue weighted by molar-refractivity contribution is -0.131. The molecule has 0 bridgehead atoms. The number of hydrogen-bond acceptors (Lipinski definition) is 6. The molecular formula is C12H12N4O3S. The monoisotopic (exact) mass is 292 g/mol. The van der Waals surface area contributed by atoms with Crippen molar-refractivity contribution in [2.75, 3.05) is 0 Å². The van der Waals surface area contributed by atoms with E-state index in [9.17, 15) is 9.59 Å². The molecule has 1 aliphatic rings. The standard InChI is InChI=1S/C12H12N4O3S/c1-7-13-9(19-15-7)6-16-10(17)12(2,14-11(16)18)8-4-3-5-20-8/h3-5H,6H2,1-2H3,(H,14,18). The number of nitrogens with zero attached hydrogens (tertiary/aromatic N) is 3. The molecule has 2 aromatic heterocycles. The maximum absolute atomic E-state index is 12.5. The second-order valence-electron chi connectivity index (χ2n) is 4.66. The van der Waals surface area contributed by atoms with Gasteiger partial charge >= 0.3 is 6.03 Å². The SMILES string of the molecule is Cc1noc(CN2C(=O)NC(C)(c3cccs3)C2=O)n1. The summed E-state index contributed by atoms with van der Waals surface area (Å²) in [5, 5.41) is 8.22. The molecule has 1 atom stereocenters. The van der Waals surface area contributed by atoms with Crippen LogP contribution in [0.3, 0.4) is 0 Å². The van der Waals surface area contributed by atoms with E-state index in [-0.39, 0.29) is 18.3 Å². The fraction of sp³-hybridized carbons (Fsp3) is 0.333. The maximum atomic E-state index is 12.5. The molecule has 0 saturated carbocycles. The van der Waals surface area contributed by atoms with E-state index in [4.69, 9.17) is 4.52 Å². The van der Waals surface area contributed by atoms with Crippen LogP contribution in [0, 0.1) is 6.92 Å². The minimum absolute atomic E-state index is 0.0214.